The Balaban J connectivity index is 0.000000113. The predicted molar refractivity (Wildman–Crippen MR) is 469 cm³/mol. The zero-order valence-corrected chi connectivity index (χ0v) is 70.2. The molecular formula is C100H104F9N13. The second kappa shape index (κ2) is 36.9. The molecule has 0 atom stereocenters. The van der Waals surface area contributed by atoms with Crippen molar-refractivity contribution in [3.05, 3.63) is 337 Å². The number of pyridine rings is 3. The van der Waals surface area contributed by atoms with Gasteiger partial charge in [-0.3, -0.25) is 15.0 Å². The van der Waals surface area contributed by atoms with E-state index >= 15 is 0 Å². The molecule has 122 heavy (non-hydrogen) atoms. The molecule has 15 aromatic rings. The molecule has 0 amide bonds. The molecule has 0 radical (unpaired) electrons. The lowest BCUT2D eigenvalue weighted by molar-refractivity contribution is -0.138. The molecule has 5 aliphatic rings. The van der Waals surface area contributed by atoms with Crippen LogP contribution in [0.4, 0.5) is 39.5 Å². The van der Waals surface area contributed by atoms with E-state index in [1.807, 2.05) is 106 Å². The fourth-order valence-corrected chi connectivity index (χ4v) is 18.7. The lowest BCUT2D eigenvalue weighted by Gasteiger charge is -2.24. The van der Waals surface area contributed by atoms with Gasteiger partial charge >= 0.3 is 12.4 Å². The fraction of sp³-hybridized carbons (Fsp3) is 0.330. The van der Waals surface area contributed by atoms with Crippen molar-refractivity contribution in [2.75, 3.05) is 68.0 Å². The van der Waals surface area contributed by atoms with E-state index in [9.17, 15) is 39.5 Å². The number of para-hydroxylation sites is 1. The van der Waals surface area contributed by atoms with Gasteiger partial charge in [-0.25, -0.2) is 13.2 Å². The molecule has 13 heterocycles. The highest BCUT2D eigenvalue weighted by molar-refractivity contribution is 5.90. The molecule has 0 spiro atoms. The third-order valence-corrected chi connectivity index (χ3v) is 25.0. The monoisotopic (exact) mass is 1660 g/mol. The van der Waals surface area contributed by atoms with Crippen molar-refractivity contribution in [1.82, 2.24) is 62.3 Å². The Morgan fingerprint density at radius 3 is 1.10 bits per heavy atom. The van der Waals surface area contributed by atoms with Crippen LogP contribution in [0.15, 0.2) is 219 Å². The normalized spacial score (nSPS) is 15.2. The van der Waals surface area contributed by atoms with Gasteiger partial charge in [-0.05, 0) is 221 Å². The van der Waals surface area contributed by atoms with Gasteiger partial charge in [0.05, 0.1) is 16.6 Å². The quantitative estimate of drug-likeness (QED) is 0.0940. The van der Waals surface area contributed by atoms with Crippen LogP contribution in [0.3, 0.4) is 0 Å². The number of likely N-dealkylation sites (N-methyl/N-ethyl adjacent to an activating group) is 5. The Hall–Kier alpha value is -11.1. The second-order valence-electron chi connectivity index (χ2n) is 33.5. The smallest absolute Gasteiger partial charge is 0.344 e. The summed E-state index contributed by atoms with van der Waals surface area (Å²) in [5.74, 6) is -0.415. The van der Waals surface area contributed by atoms with E-state index in [1.165, 1.54) is 86.1 Å². The van der Waals surface area contributed by atoms with Crippen molar-refractivity contribution < 1.29 is 39.5 Å². The first kappa shape index (κ1) is 84.5. The van der Waals surface area contributed by atoms with Gasteiger partial charge < -0.3 is 47.3 Å². The van der Waals surface area contributed by atoms with Crippen LogP contribution in [0, 0.1) is 24.4 Å². The van der Waals surface area contributed by atoms with Crippen LogP contribution in [0.25, 0.3) is 54.5 Å². The Morgan fingerprint density at radius 1 is 0.320 bits per heavy atom. The maximum absolute atomic E-state index is 14.5. The van der Waals surface area contributed by atoms with E-state index in [-0.39, 0.29) is 17.5 Å². The zero-order chi connectivity index (χ0) is 84.9. The number of aryl methyl sites for hydroxylation is 11. The Labute approximate surface area is 706 Å². The number of alkyl halides is 6. The third kappa shape index (κ3) is 18.9. The van der Waals surface area contributed by atoms with E-state index in [2.05, 4.69) is 144 Å². The Morgan fingerprint density at radius 2 is 0.697 bits per heavy atom. The van der Waals surface area contributed by atoms with Gasteiger partial charge in [-0.15, -0.1) is 0 Å². The topological polar surface area (TPSA) is 79.5 Å². The summed E-state index contributed by atoms with van der Waals surface area (Å²) in [7, 11) is 10.4. The maximum atomic E-state index is 14.5. The molecule has 20 rings (SSSR count). The van der Waals surface area contributed by atoms with Crippen LogP contribution in [0.2, 0.25) is 0 Å². The first-order valence-corrected chi connectivity index (χ1v) is 42.4. The maximum Gasteiger partial charge on any atom is 0.416 e. The lowest BCUT2D eigenvalue weighted by Crippen LogP contribution is -2.27. The summed E-state index contributed by atoms with van der Waals surface area (Å²) in [5, 5.41) is 4.69. The van der Waals surface area contributed by atoms with E-state index in [4.69, 9.17) is 0 Å². The highest BCUT2D eigenvalue weighted by Crippen LogP contribution is 2.41. The molecule has 0 bridgehead atoms. The molecule has 5 aliphatic heterocycles. The molecule has 22 heteroatoms. The van der Waals surface area contributed by atoms with Crippen molar-refractivity contribution >= 4 is 54.5 Å². The van der Waals surface area contributed by atoms with Crippen molar-refractivity contribution in [2.24, 2.45) is 0 Å². The Kier molecular flexibility index (Phi) is 25.5. The molecule has 0 saturated carbocycles. The number of rotatable bonds is 15. The fourth-order valence-electron chi connectivity index (χ4n) is 18.7. The van der Waals surface area contributed by atoms with Gasteiger partial charge in [0.15, 0.2) is 0 Å². The van der Waals surface area contributed by atoms with Gasteiger partial charge in [0.25, 0.3) is 0 Å². The van der Waals surface area contributed by atoms with Gasteiger partial charge in [0, 0.05) is 250 Å². The zero-order valence-electron chi connectivity index (χ0n) is 70.2. The molecule has 8 aromatic heterocycles. The highest BCUT2D eigenvalue weighted by atomic mass is 19.4. The third-order valence-electron chi connectivity index (χ3n) is 25.0. The number of benzene rings is 7. The SMILES string of the molecule is CN1CCc2c(c3cc(C(F)(F)F)ccc3n2CCc2ccccc2)C1.CN1CCc2c(c3cc(C(F)(F)F)ccc3n2CCc2cccnc2)C1.CN1CCc2c(c3cc(F)ccc3n2CCc2ccccn2)C1.CN1CCc2c(c3cccc(F)c3n2CCc2ccccc2)C1.Cc1ccc(CCn2c3c(c4cc(F)ccc42)CN(C)CC3)cn1. The number of nitrogens with zero attached hydrogens (tertiary/aromatic N) is 13. The molecule has 0 N–H and O–H groups in total. The van der Waals surface area contributed by atoms with E-state index in [0.29, 0.717) is 13.1 Å². The van der Waals surface area contributed by atoms with Crippen molar-refractivity contribution in [2.45, 2.75) is 149 Å². The van der Waals surface area contributed by atoms with Crippen molar-refractivity contribution in [1.29, 1.82) is 0 Å². The first-order valence-electron chi connectivity index (χ1n) is 42.4. The van der Waals surface area contributed by atoms with Gasteiger partial charge in [-0.1, -0.05) is 91.0 Å². The molecular weight excluding hydrogens is 1550 g/mol. The number of hydrogen-bond donors (Lipinski definition) is 0. The standard InChI is InChI=1S/C21H21F3N2.C20H20F3N3.C20H22FN3.C20H21FN2.C19H20FN3/c1-25-11-10-20-18(14-25)17-13-16(21(22,23)24)7-8-19(17)26(20)12-9-15-5-3-2-4-6-15;1-25-9-7-19-17(13-25)16-11-15(20(21,22)23)4-5-18(16)26(19)10-6-14-3-2-8-24-12-14;1-14-3-4-15(12-22-14)7-10-24-19-6-5-16(21)11-17(19)18-13-23(2)9-8-20(18)24;1-22-12-11-19-17(14-22)16-8-5-9-18(21)20(16)23(19)13-10-15-6-3-2-4-7-15;1-22-10-8-19-17(13-22)16-12-14(20)5-6-18(16)23(19)11-7-15-4-2-3-9-21-15/h2-8,13H,9-12,14H2,1H3;2-5,8,11-12H,6-7,9-10,13H2,1H3;3-6,11-12H,7-10,13H2,1-2H3;2-9H,10-14H2,1H3;2-6,9,12H,7-8,10-11,13H2,1H3. The van der Waals surface area contributed by atoms with Crippen LogP contribution in [0.5, 0.6) is 0 Å². The summed E-state index contributed by atoms with van der Waals surface area (Å²) in [5.41, 5.74) is 23.1. The van der Waals surface area contributed by atoms with E-state index in [1.54, 1.807) is 48.7 Å². The largest absolute Gasteiger partial charge is 0.416 e. The average Bonchev–Trinajstić information content (AvgIpc) is 1.12. The van der Waals surface area contributed by atoms with Gasteiger partial charge in [0.1, 0.15) is 17.5 Å². The van der Waals surface area contributed by atoms with Crippen LogP contribution >= 0.6 is 0 Å². The number of fused-ring (bicyclic) bond motifs is 15. The predicted octanol–water partition coefficient (Wildman–Crippen LogP) is 20.3. The second-order valence-corrected chi connectivity index (χ2v) is 33.5. The van der Waals surface area contributed by atoms with E-state index in [0.717, 1.165) is 232 Å². The molecule has 632 valence electrons. The summed E-state index contributed by atoms with van der Waals surface area (Å²) in [6.07, 6.45) is 7.95. The summed E-state index contributed by atoms with van der Waals surface area (Å²) in [6.45, 7) is 15.2. The van der Waals surface area contributed by atoms with Crippen molar-refractivity contribution in [3.63, 3.8) is 0 Å². The minimum Gasteiger partial charge on any atom is -0.344 e. The lowest BCUT2D eigenvalue weighted by atomic mass is 10.0. The number of hydrogen-bond acceptors (Lipinski definition) is 8. The number of halogens is 9. The van der Waals surface area contributed by atoms with Crippen LogP contribution < -0.4 is 0 Å². The Bertz CT molecular complexity index is 5980. The first-order chi connectivity index (χ1) is 58.9. The summed E-state index contributed by atoms with van der Waals surface area (Å²) in [4.78, 5) is 24.2. The minimum atomic E-state index is -4.32. The van der Waals surface area contributed by atoms with Crippen LogP contribution in [-0.4, -0.2) is 130 Å². The van der Waals surface area contributed by atoms with Crippen molar-refractivity contribution in [3.8, 4) is 0 Å². The molecule has 0 fully saturated rings. The van der Waals surface area contributed by atoms with Crippen LogP contribution in [0.1, 0.15) is 101 Å². The summed E-state index contributed by atoms with van der Waals surface area (Å²) in [6, 6.07) is 58.9. The molecule has 0 unspecified atom stereocenters. The van der Waals surface area contributed by atoms with Gasteiger partial charge in [0.2, 0.25) is 0 Å². The van der Waals surface area contributed by atoms with Crippen LogP contribution in [-0.2, 0) is 142 Å². The molecule has 13 nitrogen and oxygen atoms in total. The molecule has 0 aliphatic carbocycles. The van der Waals surface area contributed by atoms with Gasteiger partial charge in [-0.2, -0.15) is 26.3 Å². The minimum absolute atomic E-state index is 0.104. The highest BCUT2D eigenvalue weighted by Gasteiger charge is 2.35. The molecule has 7 aromatic carbocycles. The number of aromatic nitrogens is 8. The average molecular weight is 1660 g/mol. The summed E-state index contributed by atoms with van der Waals surface area (Å²) >= 11 is 0. The summed E-state index contributed by atoms with van der Waals surface area (Å²) < 4.78 is 133. The van der Waals surface area contributed by atoms with E-state index < -0.39 is 23.5 Å². The molecule has 0 saturated heterocycles.